The first-order chi connectivity index (χ1) is 18.6. The minimum Gasteiger partial charge on any atom is -0.352 e. The summed E-state index contributed by atoms with van der Waals surface area (Å²) >= 11 is 12.1. The highest BCUT2D eigenvalue weighted by atomic mass is 35.5. The molecular weight excluding hydrogens is 557 g/mol. The molecule has 1 aliphatic rings. The molecule has 1 saturated carbocycles. The summed E-state index contributed by atoms with van der Waals surface area (Å²) < 4.78 is 28.5. The highest BCUT2D eigenvalue weighted by Gasteiger charge is 2.33. The van der Waals surface area contributed by atoms with Crippen LogP contribution in [0, 0.1) is 0 Å². The summed E-state index contributed by atoms with van der Waals surface area (Å²) in [5.41, 5.74) is 1.04. The monoisotopic (exact) mass is 587 g/mol. The van der Waals surface area contributed by atoms with E-state index in [9.17, 15) is 18.0 Å². The molecule has 1 atom stereocenters. The van der Waals surface area contributed by atoms with E-state index in [0.717, 1.165) is 35.6 Å². The van der Waals surface area contributed by atoms with Gasteiger partial charge in [0.2, 0.25) is 11.8 Å². The standard InChI is InChI=1S/C29H31Cl2N3O4S/c1-21(29(36)32-25-7-5-6-8-25)33(19-22-11-13-23(30)14-12-22)28(35)20-34(26-17-15-24(31)16-18-26)39(37,38)27-9-3-2-4-10-27/h2-4,9-18,21,25H,5-8,19-20H2,1H3,(H,32,36). The molecule has 3 aromatic carbocycles. The number of hydrogen-bond donors (Lipinski definition) is 1. The number of nitrogens with zero attached hydrogens (tertiary/aromatic N) is 2. The Morgan fingerprint density at radius 3 is 2.05 bits per heavy atom. The Balaban J connectivity index is 1.66. The van der Waals surface area contributed by atoms with Crippen molar-refractivity contribution < 1.29 is 18.0 Å². The van der Waals surface area contributed by atoms with Gasteiger partial charge in [-0.25, -0.2) is 8.42 Å². The van der Waals surface area contributed by atoms with Crippen LogP contribution in [0.5, 0.6) is 0 Å². The molecule has 0 spiro atoms. The molecule has 0 saturated heterocycles. The number of carbonyl (C=O) groups excluding carboxylic acids is 2. The third-order valence-corrected chi connectivity index (χ3v) is 9.15. The lowest BCUT2D eigenvalue weighted by molar-refractivity contribution is -0.139. The smallest absolute Gasteiger partial charge is 0.264 e. The molecule has 10 heteroatoms. The first kappa shape index (κ1) is 28.9. The Morgan fingerprint density at radius 1 is 0.897 bits per heavy atom. The molecule has 1 aliphatic carbocycles. The fourth-order valence-corrected chi connectivity index (χ4v) is 6.30. The van der Waals surface area contributed by atoms with Gasteiger partial charge in [-0.1, -0.05) is 66.4 Å². The first-order valence-corrected chi connectivity index (χ1v) is 15.0. The summed E-state index contributed by atoms with van der Waals surface area (Å²) in [5, 5.41) is 4.04. The molecular formula is C29H31Cl2N3O4S. The highest BCUT2D eigenvalue weighted by Crippen LogP contribution is 2.26. The van der Waals surface area contributed by atoms with Gasteiger partial charge in [0.1, 0.15) is 12.6 Å². The summed E-state index contributed by atoms with van der Waals surface area (Å²) in [5.74, 6) is -0.790. The first-order valence-electron chi connectivity index (χ1n) is 12.8. The third kappa shape index (κ3) is 7.32. The van der Waals surface area contributed by atoms with E-state index >= 15 is 0 Å². The van der Waals surface area contributed by atoms with Crippen molar-refractivity contribution >= 4 is 50.7 Å². The predicted molar refractivity (Wildman–Crippen MR) is 154 cm³/mol. The Bertz CT molecular complexity index is 1380. The number of sulfonamides is 1. The maximum absolute atomic E-state index is 13.9. The molecule has 0 bridgehead atoms. The molecule has 3 aromatic rings. The minimum atomic E-state index is -4.11. The molecule has 1 fully saturated rings. The number of anilines is 1. The van der Waals surface area contributed by atoms with Crippen molar-refractivity contribution in [1.29, 1.82) is 0 Å². The molecule has 4 rings (SSSR count). The second-order valence-electron chi connectivity index (χ2n) is 9.62. The molecule has 39 heavy (non-hydrogen) atoms. The van der Waals surface area contributed by atoms with E-state index in [1.165, 1.54) is 17.0 Å². The third-order valence-electron chi connectivity index (χ3n) is 6.86. The van der Waals surface area contributed by atoms with E-state index in [0.29, 0.717) is 10.0 Å². The topological polar surface area (TPSA) is 86.8 Å². The average molecular weight is 589 g/mol. The van der Waals surface area contributed by atoms with Gasteiger partial charge < -0.3 is 10.2 Å². The van der Waals surface area contributed by atoms with Gasteiger partial charge in [0.15, 0.2) is 0 Å². The number of nitrogens with one attached hydrogen (secondary N) is 1. The van der Waals surface area contributed by atoms with E-state index in [1.807, 2.05) is 0 Å². The molecule has 0 heterocycles. The maximum Gasteiger partial charge on any atom is 0.264 e. The van der Waals surface area contributed by atoms with Crippen molar-refractivity contribution in [1.82, 2.24) is 10.2 Å². The Hall–Kier alpha value is -3.07. The van der Waals surface area contributed by atoms with Crippen molar-refractivity contribution in [3.63, 3.8) is 0 Å². The largest absolute Gasteiger partial charge is 0.352 e. The van der Waals surface area contributed by atoms with Crippen LogP contribution in [-0.2, 0) is 26.2 Å². The number of carbonyl (C=O) groups is 2. The van der Waals surface area contributed by atoms with Crippen LogP contribution in [-0.4, -0.2) is 43.8 Å². The van der Waals surface area contributed by atoms with Gasteiger partial charge in [-0.3, -0.25) is 13.9 Å². The van der Waals surface area contributed by atoms with E-state index in [-0.39, 0.29) is 29.1 Å². The lowest BCUT2D eigenvalue weighted by Gasteiger charge is -2.32. The van der Waals surface area contributed by atoms with Crippen molar-refractivity contribution in [3.05, 3.63) is 94.5 Å². The SMILES string of the molecule is CC(C(=O)NC1CCCC1)N(Cc1ccc(Cl)cc1)C(=O)CN(c1ccc(Cl)cc1)S(=O)(=O)c1ccccc1. The van der Waals surface area contributed by atoms with E-state index in [4.69, 9.17) is 23.2 Å². The quantitative estimate of drug-likeness (QED) is 0.331. The predicted octanol–water partition coefficient (Wildman–Crippen LogP) is 5.66. The Labute approximate surface area is 239 Å². The summed E-state index contributed by atoms with van der Waals surface area (Å²) in [6.45, 7) is 1.26. The molecule has 0 aromatic heterocycles. The highest BCUT2D eigenvalue weighted by molar-refractivity contribution is 7.92. The van der Waals surface area contributed by atoms with Crippen molar-refractivity contribution in [2.75, 3.05) is 10.8 Å². The lowest BCUT2D eigenvalue weighted by Crippen LogP contribution is -2.52. The molecule has 1 unspecified atom stereocenters. The fraction of sp³-hybridized carbons (Fsp3) is 0.310. The van der Waals surface area contributed by atoms with Crippen LogP contribution in [0.1, 0.15) is 38.2 Å². The molecule has 2 amide bonds. The van der Waals surface area contributed by atoms with Gasteiger partial charge in [-0.15, -0.1) is 0 Å². The normalized spacial score (nSPS) is 14.5. The fourth-order valence-electron chi connectivity index (χ4n) is 4.62. The van der Waals surface area contributed by atoms with Gasteiger partial charge in [-0.2, -0.15) is 0 Å². The van der Waals surface area contributed by atoms with Crippen LogP contribution in [0.3, 0.4) is 0 Å². The van der Waals surface area contributed by atoms with Crippen molar-refractivity contribution in [3.8, 4) is 0 Å². The van der Waals surface area contributed by atoms with Crippen molar-refractivity contribution in [2.45, 2.75) is 56.1 Å². The summed E-state index contributed by atoms with van der Waals surface area (Å²) in [4.78, 5) is 28.6. The van der Waals surface area contributed by atoms with E-state index in [2.05, 4.69) is 5.32 Å². The number of halogens is 2. The van der Waals surface area contributed by atoms with Crippen LogP contribution < -0.4 is 9.62 Å². The molecule has 7 nitrogen and oxygen atoms in total. The minimum absolute atomic E-state index is 0.0454. The number of benzene rings is 3. The zero-order chi connectivity index (χ0) is 28.0. The summed E-state index contributed by atoms with van der Waals surface area (Å²) in [6.07, 6.45) is 3.92. The Morgan fingerprint density at radius 2 is 1.46 bits per heavy atom. The summed E-state index contributed by atoms with van der Waals surface area (Å²) in [7, 11) is -4.11. The molecule has 1 N–H and O–H groups in total. The second-order valence-corrected chi connectivity index (χ2v) is 12.4. The molecule has 0 radical (unpaired) electrons. The number of rotatable bonds is 10. The van der Waals surface area contributed by atoms with Gasteiger partial charge in [0.05, 0.1) is 10.6 Å². The van der Waals surface area contributed by atoms with Gasteiger partial charge in [0.25, 0.3) is 10.0 Å². The van der Waals surface area contributed by atoms with Crippen LogP contribution in [0.4, 0.5) is 5.69 Å². The van der Waals surface area contributed by atoms with Gasteiger partial charge in [0, 0.05) is 22.6 Å². The van der Waals surface area contributed by atoms with E-state index in [1.54, 1.807) is 73.7 Å². The second kappa shape index (κ2) is 12.9. The van der Waals surface area contributed by atoms with Crippen LogP contribution >= 0.6 is 23.2 Å². The number of amides is 2. The maximum atomic E-state index is 13.9. The zero-order valence-electron chi connectivity index (χ0n) is 21.6. The summed E-state index contributed by atoms with van der Waals surface area (Å²) in [6, 6.07) is 20.4. The molecule has 0 aliphatic heterocycles. The van der Waals surface area contributed by atoms with Crippen molar-refractivity contribution in [2.24, 2.45) is 0 Å². The molecule has 206 valence electrons. The zero-order valence-corrected chi connectivity index (χ0v) is 23.9. The van der Waals surface area contributed by atoms with Crippen LogP contribution in [0.25, 0.3) is 0 Å². The van der Waals surface area contributed by atoms with E-state index < -0.39 is 28.5 Å². The number of hydrogen-bond acceptors (Lipinski definition) is 4. The van der Waals surface area contributed by atoms with Gasteiger partial charge in [-0.05, 0) is 73.9 Å². The average Bonchev–Trinajstić information content (AvgIpc) is 3.45. The Kier molecular flexibility index (Phi) is 9.53. The van der Waals surface area contributed by atoms with Gasteiger partial charge >= 0.3 is 0 Å². The van der Waals surface area contributed by atoms with Crippen LogP contribution in [0.2, 0.25) is 10.0 Å². The lowest BCUT2D eigenvalue weighted by atomic mass is 10.1. The van der Waals surface area contributed by atoms with Crippen LogP contribution in [0.15, 0.2) is 83.8 Å².